The molecule has 1 heterocycles. The number of phenolic OH excluding ortho intramolecular Hbond substituents is 1. The van der Waals surface area contributed by atoms with E-state index in [1.54, 1.807) is 30.5 Å². The standard InChI is InChI=1S/C17H15ClN4O3S/c1-24-13-7-10(8-14(25-2)15(13)23)9-19-22-16(20-21-17(22)26)11-3-5-12(18)6-4-11/h3-9,23H,1-2H3,(H,21,26)/b19-9-. The number of aromatic hydroxyl groups is 1. The molecule has 26 heavy (non-hydrogen) atoms. The number of nitrogens with zero attached hydrogens (tertiary/aromatic N) is 3. The number of aromatic amines is 1. The Labute approximate surface area is 159 Å². The Hall–Kier alpha value is -2.84. The van der Waals surface area contributed by atoms with Gasteiger partial charge in [0.1, 0.15) is 0 Å². The van der Waals surface area contributed by atoms with Gasteiger partial charge >= 0.3 is 0 Å². The van der Waals surface area contributed by atoms with Crippen molar-refractivity contribution in [3.05, 3.63) is 51.8 Å². The van der Waals surface area contributed by atoms with Gasteiger partial charge in [-0.1, -0.05) is 11.6 Å². The number of aromatic nitrogens is 3. The molecule has 0 amide bonds. The maximum absolute atomic E-state index is 9.98. The Kier molecular flexibility index (Phi) is 5.24. The lowest BCUT2D eigenvalue weighted by Gasteiger charge is -2.09. The summed E-state index contributed by atoms with van der Waals surface area (Å²) in [5.41, 5.74) is 1.46. The highest BCUT2D eigenvalue weighted by atomic mass is 35.5. The summed E-state index contributed by atoms with van der Waals surface area (Å²) < 4.78 is 12.1. The van der Waals surface area contributed by atoms with Gasteiger partial charge < -0.3 is 14.6 Å². The summed E-state index contributed by atoms with van der Waals surface area (Å²) in [6.45, 7) is 0. The van der Waals surface area contributed by atoms with Crippen LogP contribution in [0.3, 0.4) is 0 Å². The van der Waals surface area contributed by atoms with Crippen LogP contribution < -0.4 is 9.47 Å². The lowest BCUT2D eigenvalue weighted by molar-refractivity contribution is 0.340. The lowest BCUT2D eigenvalue weighted by Crippen LogP contribution is -1.96. The quantitative estimate of drug-likeness (QED) is 0.510. The van der Waals surface area contributed by atoms with Gasteiger partial charge in [-0.2, -0.15) is 14.9 Å². The van der Waals surface area contributed by atoms with Gasteiger partial charge in [0.2, 0.25) is 10.5 Å². The first-order chi connectivity index (χ1) is 12.5. The van der Waals surface area contributed by atoms with Crippen LogP contribution >= 0.6 is 23.8 Å². The van der Waals surface area contributed by atoms with Gasteiger partial charge in [-0.3, -0.25) is 0 Å². The summed E-state index contributed by atoms with van der Waals surface area (Å²) in [6, 6.07) is 10.4. The van der Waals surface area contributed by atoms with E-state index < -0.39 is 0 Å². The van der Waals surface area contributed by atoms with E-state index in [1.165, 1.54) is 18.9 Å². The largest absolute Gasteiger partial charge is 0.502 e. The summed E-state index contributed by atoms with van der Waals surface area (Å²) in [4.78, 5) is 0. The van der Waals surface area contributed by atoms with Crippen molar-refractivity contribution in [2.45, 2.75) is 0 Å². The number of phenols is 1. The van der Waals surface area contributed by atoms with Crippen LogP contribution in [0.4, 0.5) is 0 Å². The van der Waals surface area contributed by atoms with Crippen LogP contribution in [0.5, 0.6) is 17.2 Å². The van der Waals surface area contributed by atoms with Gasteiger partial charge in [0.15, 0.2) is 17.3 Å². The topological polar surface area (TPSA) is 84.7 Å². The van der Waals surface area contributed by atoms with Crippen LogP contribution in [0.1, 0.15) is 5.56 Å². The fraction of sp³-hybridized carbons (Fsp3) is 0.118. The normalized spacial score (nSPS) is 11.0. The minimum atomic E-state index is -0.0751. The summed E-state index contributed by atoms with van der Waals surface area (Å²) in [5.74, 6) is 1.02. The summed E-state index contributed by atoms with van der Waals surface area (Å²) in [7, 11) is 2.92. The molecule has 0 saturated heterocycles. The van der Waals surface area contributed by atoms with Gasteiger partial charge in [0.25, 0.3) is 0 Å². The molecule has 0 fully saturated rings. The first kappa shape index (κ1) is 18.0. The van der Waals surface area contributed by atoms with E-state index in [1.807, 2.05) is 12.1 Å². The summed E-state index contributed by atoms with van der Waals surface area (Å²) in [6.07, 6.45) is 1.56. The van der Waals surface area contributed by atoms with Crippen LogP contribution in [0.2, 0.25) is 5.02 Å². The Morgan fingerprint density at radius 1 is 1.19 bits per heavy atom. The van der Waals surface area contributed by atoms with Crippen LogP contribution in [0.25, 0.3) is 11.4 Å². The van der Waals surface area contributed by atoms with Gasteiger partial charge in [-0.25, -0.2) is 5.10 Å². The van der Waals surface area contributed by atoms with E-state index in [0.29, 0.717) is 21.2 Å². The van der Waals surface area contributed by atoms with Crippen LogP contribution in [-0.4, -0.2) is 40.4 Å². The van der Waals surface area contributed by atoms with Crippen molar-refractivity contribution in [3.8, 4) is 28.6 Å². The average Bonchev–Trinajstić information content (AvgIpc) is 3.02. The molecule has 0 aliphatic carbocycles. The second-order valence-corrected chi connectivity index (χ2v) is 6.01. The van der Waals surface area contributed by atoms with Gasteiger partial charge in [-0.15, -0.1) is 0 Å². The zero-order chi connectivity index (χ0) is 18.7. The third kappa shape index (κ3) is 3.56. The maximum Gasteiger partial charge on any atom is 0.216 e. The molecular formula is C17H15ClN4O3S. The van der Waals surface area contributed by atoms with E-state index in [-0.39, 0.29) is 17.2 Å². The number of methoxy groups -OCH3 is 2. The number of hydrogen-bond donors (Lipinski definition) is 2. The zero-order valence-electron chi connectivity index (χ0n) is 13.9. The second-order valence-electron chi connectivity index (χ2n) is 5.19. The molecule has 134 valence electrons. The van der Waals surface area contributed by atoms with Crippen LogP contribution in [0, 0.1) is 4.77 Å². The van der Waals surface area contributed by atoms with E-state index in [0.717, 1.165) is 5.56 Å². The van der Waals surface area contributed by atoms with E-state index in [9.17, 15) is 5.11 Å². The first-order valence-corrected chi connectivity index (χ1v) is 8.25. The van der Waals surface area contributed by atoms with Crippen molar-refractivity contribution in [3.63, 3.8) is 0 Å². The second kappa shape index (κ2) is 7.59. The molecule has 3 aromatic rings. The Morgan fingerprint density at radius 2 is 1.81 bits per heavy atom. The molecule has 3 rings (SSSR count). The minimum absolute atomic E-state index is 0.0751. The smallest absolute Gasteiger partial charge is 0.216 e. The Morgan fingerprint density at radius 3 is 2.38 bits per heavy atom. The fourth-order valence-corrected chi connectivity index (χ4v) is 2.60. The number of H-pyrrole nitrogens is 1. The highest BCUT2D eigenvalue weighted by Crippen LogP contribution is 2.36. The zero-order valence-corrected chi connectivity index (χ0v) is 15.5. The molecule has 2 aromatic carbocycles. The highest BCUT2D eigenvalue weighted by Gasteiger charge is 2.11. The number of halogens is 1. The van der Waals surface area contributed by atoms with Crippen molar-refractivity contribution in [2.75, 3.05) is 14.2 Å². The molecule has 0 saturated carbocycles. The molecule has 9 heteroatoms. The third-order valence-electron chi connectivity index (χ3n) is 3.58. The van der Waals surface area contributed by atoms with Crippen LogP contribution in [-0.2, 0) is 0 Å². The predicted molar refractivity (Wildman–Crippen MR) is 102 cm³/mol. The van der Waals surface area contributed by atoms with Crippen molar-refractivity contribution in [2.24, 2.45) is 5.10 Å². The molecule has 0 radical (unpaired) electrons. The van der Waals surface area contributed by atoms with Crippen molar-refractivity contribution in [1.29, 1.82) is 0 Å². The number of nitrogens with one attached hydrogen (secondary N) is 1. The van der Waals surface area contributed by atoms with E-state index in [4.69, 9.17) is 33.3 Å². The monoisotopic (exact) mass is 390 g/mol. The molecule has 0 spiro atoms. The molecule has 0 aliphatic rings. The van der Waals surface area contributed by atoms with E-state index >= 15 is 0 Å². The molecule has 0 atom stereocenters. The third-order valence-corrected chi connectivity index (χ3v) is 4.09. The minimum Gasteiger partial charge on any atom is -0.502 e. The average molecular weight is 391 g/mol. The molecule has 0 bridgehead atoms. The Bertz CT molecular complexity index is 987. The molecule has 7 nitrogen and oxygen atoms in total. The van der Waals surface area contributed by atoms with Crippen molar-refractivity contribution < 1.29 is 14.6 Å². The molecule has 2 N–H and O–H groups in total. The van der Waals surface area contributed by atoms with Gasteiger partial charge in [-0.05, 0) is 48.6 Å². The fourth-order valence-electron chi connectivity index (χ4n) is 2.30. The van der Waals surface area contributed by atoms with Crippen LogP contribution in [0.15, 0.2) is 41.5 Å². The predicted octanol–water partition coefficient (Wildman–Crippen LogP) is 3.87. The van der Waals surface area contributed by atoms with E-state index in [2.05, 4.69) is 15.3 Å². The summed E-state index contributed by atoms with van der Waals surface area (Å²) >= 11 is 11.2. The molecule has 0 aliphatic heterocycles. The SMILES string of the molecule is COc1cc(/C=N\n2c(-c3ccc(Cl)cc3)n[nH]c2=S)cc(OC)c1O. The first-order valence-electron chi connectivity index (χ1n) is 7.46. The number of rotatable bonds is 5. The number of ether oxygens (including phenoxy) is 2. The molecule has 1 aromatic heterocycles. The van der Waals surface area contributed by atoms with Gasteiger partial charge in [0.05, 0.1) is 20.4 Å². The number of benzene rings is 2. The Balaban J connectivity index is 2.01. The van der Waals surface area contributed by atoms with Crippen molar-refractivity contribution >= 4 is 30.0 Å². The molecular weight excluding hydrogens is 376 g/mol. The highest BCUT2D eigenvalue weighted by molar-refractivity contribution is 7.71. The maximum atomic E-state index is 9.98. The van der Waals surface area contributed by atoms with Crippen molar-refractivity contribution in [1.82, 2.24) is 14.9 Å². The lowest BCUT2D eigenvalue weighted by atomic mass is 10.2. The molecule has 0 unspecified atom stereocenters. The van der Waals surface area contributed by atoms with Gasteiger partial charge in [0, 0.05) is 16.1 Å². The number of hydrogen-bond acceptors (Lipinski definition) is 6. The summed E-state index contributed by atoms with van der Waals surface area (Å²) in [5, 5.41) is 21.9.